The molecule has 0 aromatic carbocycles. The van der Waals surface area contributed by atoms with Gasteiger partial charge in [-0.25, -0.2) is 0 Å². The van der Waals surface area contributed by atoms with E-state index >= 15 is 0 Å². The van der Waals surface area contributed by atoms with Gasteiger partial charge in [-0.15, -0.1) is 0 Å². The Kier molecular flexibility index (Phi) is 2.63. The lowest BCUT2D eigenvalue weighted by atomic mass is 10.0. The zero-order valence-corrected chi connectivity index (χ0v) is 8.21. The number of piperidine rings is 1. The van der Waals surface area contributed by atoms with E-state index in [0.717, 1.165) is 25.1 Å². The van der Waals surface area contributed by atoms with Crippen molar-refractivity contribution in [3.8, 4) is 0 Å². The van der Waals surface area contributed by atoms with Crippen LogP contribution in [0.5, 0.6) is 0 Å². The van der Waals surface area contributed by atoms with E-state index < -0.39 is 0 Å². The summed E-state index contributed by atoms with van der Waals surface area (Å²) < 4.78 is 0. The smallest absolute Gasteiger partial charge is 0.0570 e. The van der Waals surface area contributed by atoms with Crippen molar-refractivity contribution in [2.45, 2.75) is 43.9 Å². The van der Waals surface area contributed by atoms with Gasteiger partial charge < -0.3 is 5.11 Å². The van der Waals surface area contributed by atoms with Crippen molar-refractivity contribution in [2.24, 2.45) is 0 Å². The summed E-state index contributed by atoms with van der Waals surface area (Å²) in [6, 6.07) is 1.32. The number of aliphatic hydroxyl groups is 1. The second-order valence-electron chi connectivity index (χ2n) is 3.97. The maximum Gasteiger partial charge on any atom is 0.0570 e. The van der Waals surface area contributed by atoms with Gasteiger partial charge in [0.15, 0.2) is 0 Å². The summed E-state index contributed by atoms with van der Waals surface area (Å²) in [4.78, 5) is 2.54. The van der Waals surface area contributed by atoms with Crippen molar-refractivity contribution in [3.05, 3.63) is 0 Å². The zero-order valence-electron chi connectivity index (χ0n) is 7.32. The molecule has 2 fully saturated rings. The Morgan fingerprint density at radius 1 is 1.25 bits per heavy atom. The van der Waals surface area contributed by atoms with Gasteiger partial charge in [0.1, 0.15) is 0 Å². The van der Waals surface area contributed by atoms with E-state index in [2.05, 4.69) is 17.5 Å². The highest BCUT2D eigenvalue weighted by molar-refractivity contribution is 7.80. The van der Waals surface area contributed by atoms with Crippen LogP contribution in [0.15, 0.2) is 0 Å². The molecule has 2 saturated heterocycles. The van der Waals surface area contributed by atoms with Crippen LogP contribution >= 0.6 is 12.6 Å². The minimum atomic E-state index is -0.0290. The van der Waals surface area contributed by atoms with E-state index in [1.54, 1.807) is 0 Å². The number of fused-ring (bicyclic) bond motifs is 2. The number of aliphatic hydroxyl groups excluding tert-OH is 1. The lowest BCUT2D eigenvalue weighted by molar-refractivity contribution is 0.0393. The number of hydrogen-bond acceptors (Lipinski definition) is 3. The summed E-state index contributed by atoms with van der Waals surface area (Å²) in [5, 5.41) is 9.53. The van der Waals surface area contributed by atoms with Crippen LogP contribution in [0, 0.1) is 0 Å². The zero-order chi connectivity index (χ0) is 8.55. The molecular formula is C9H17NOS. The Bertz CT molecular complexity index is 151. The molecule has 0 amide bonds. The lowest BCUT2D eigenvalue weighted by Crippen LogP contribution is -2.45. The fourth-order valence-electron chi connectivity index (χ4n) is 2.73. The summed E-state index contributed by atoms with van der Waals surface area (Å²) in [6.07, 6.45) is 4.53. The molecular weight excluding hydrogens is 170 g/mol. The lowest BCUT2D eigenvalue weighted by Gasteiger charge is -2.36. The monoisotopic (exact) mass is 187 g/mol. The normalized spacial score (nSPS) is 42.0. The van der Waals surface area contributed by atoms with Crippen LogP contribution in [0.1, 0.15) is 25.7 Å². The fraction of sp³-hybridized carbons (Fsp3) is 1.00. The van der Waals surface area contributed by atoms with Gasteiger partial charge in [-0.1, -0.05) is 0 Å². The van der Waals surface area contributed by atoms with E-state index in [-0.39, 0.29) is 6.10 Å². The van der Waals surface area contributed by atoms with Gasteiger partial charge in [0, 0.05) is 24.4 Å². The Hall–Kier alpha value is 0.270. The number of hydrogen-bond donors (Lipinski definition) is 2. The Labute approximate surface area is 79.4 Å². The third-order valence-electron chi connectivity index (χ3n) is 3.22. The highest BCUT2D eigenvalue weighted by atomic mass is 32.1. The average Bonchev–Trinajstić information content (AvgIpc) is 2.32. The molecule has 0 aromatic rings. The van der Waals surface area contributed by atoms with Gasteiger partial charge >= 0.3 is 0 Å². The molecule has 2 bridgehead atoms. The quantitative estimate of drug-likeness (QED) is 0.628. The van der Waals surface area contributed by atoms with Gasteiger partial charge in [-0.05, 0) is 25.7 Å². The van der Waals surface area contributed by atoms with Crippen LogP contribution in [0.2, 0.25) is 0 Å². The highest BCUT2D eigenvalue weighted by Crippen LogP contribution is 2.35. The van der Waals surface area contributed by atoms with E-state index in [0.29, 0.717) is 12.1 Å². The predicted octanol–water partition coefficient (Wildman–Crippen LogP) is 0.904. The molecule has 3 heteroatoms. The number of nitrogens with zero attached hydrogens (tertiary/aromatic N) is 1. The van der Waals surface area contributed by atoms with Crippen molar-refractivity contribution in [1.29, 1.82) is 0 Å². The van der Waals surface area contributed by atoms with Gasteiger partial charge in [-0.3, -0.25) is 4.90 Å². The summed E-state index contributed by atoms with van der Waals surface area (Å²) in [5.74, 6) is 0.948. The average molecular weight is 187 g/mol. The Morgan fingerprint density at radius 2 is 1.83 bits per heavy atom. The fourth-order valence-corrected chi connectivity index (χ4v) is 2.96. The van der Waals surface area contributed by atoms with Crippen LogP contribution in [-0.4, -0.2) is 40.5 Å². The molecule has 0 radical (unpaired) electrons. The second kappa shape index (κ2) is 3.56. The molecule has 0 saturated carbocycles. The molecule has 2 unspecified atom stereocenters. The second-order valence-corrected chi connectivity index (χ2v) is 4.42. The van der Waals surface area contributed by atoms with Crippen molar-refractivity contribution in [2.75, 3.05) is 12.3 Å². The summed E-state index contributed by atoms with van der Waals surface area (Å²) >= 11 is 4.26. The van der Waals surface area contributed by atoms with Crippen molar-refractivity contribution >= 4 is 12.6 Å². The van der Waals surface area contributed by atoms with Crippen molar-refractivity contribution in [3.63, 3.8) is 0 Å². The standard InChI is InChI=1S/C9H17NOS/c11-9-5-7-1-2-8(6-9)10(7)3-4-12/h7-9,11-12H,1-6H2. The van der Waals surface area contributed by atoms with Crippen LogP contribution in [-0.2, 0) is 0 Å². The minimum absolute atomic E-state index is 0.0290. The van der Waals surface area contributed by atoms with Crippen LogP contribution in [0.4, 0.5) is 0 Å². The highest BCUT2D eigenvalue weighted by Gasteiger charge is 2.39. The Morgan fingerprint density at radius 3 is 2.33 bits per heavy atom. The molecule has 2 nitrogen and oxygen atoms in total. The largest absolute Gasteiger partial charge is 0.393 e. The van der Waals surface area contributed by atoms with Gasteiger partial charge in [0.25, 0.3) is 0 Å². The molecule has 2 aliphatic rings. The maximum atomic E-state index is 9.53. The summed E-state index contributed by atoms with van der Waals surface area (Å²) in [7, 11) is 0. The first kappa shape index (κ1) is 8.85. The molecule has 0 spiro atoms. The van der Waals surface area contributed by atoms with E-state index in [1.165, 1.54) is 12.8 Å². The molecule has 70 valence electrons. The van der Waals surface area contributed by atoms with Crippen LogP contribution < -0.4 is 0 Å². The first-order valence-corrected chi connectivity index (χ1v) is 5.49. The maximum absolute atomic E-state index is 9.53. The molecule has 12 heavy (non-hydrogen) atoms. The van der Waals surface area contributed by atoms with E-state index in [4.69, 9.17) is 0 Å². The van der Waals surface area contributed by atoms with E-state index in [1.807, 2.05) is 0 Å². The minimum Gasteiger partial charge on any atom is -0.393 e. The van der Waals surface area contributed by atoms with Crippen LogP contribution in [0.3, 0.4) is 0 Å². The van der Waals surface area contributed by atoms with Gasteiger partial charge in [0.05, 0.1) is 6.10 Å². The molecule has 1 N–H and O–H groups in total. The number of thiol groups is 1. The third-order valence-corrected chi connectivity index (χ3v) is 3.42. The summed E-state index contributed by atoms with van der Waals surface area (Å²) in [6.45, 7) is 1.10. The van der Waals surface area contributed by atoms with Crippen molar-refractivity contribution < 1.29 is 5.11 Å². The Balaban J connectivity index is 1.99. The predicted molar refractivity (Wildman–Crippen MR) is 52.6 cm³/mol. The van der Waals surface area contributed by atoms with E-state index in [9.17, 15) is 5.11 Å². The van der Waals surface area contributed by atoms with Gasteiger partial charge in [0.2, 0.25) is 0 Å². The first-order valence-electron chi connectivity index (χ1n) is 4.86. The molecule has 0 aromatic heterocycles. The van der Waals surface area contributed by atoms with Crippen molar-refractivity contribution in [1.82, 2.24) is 4.90 Å². The summed E-state index contributed by atoms with van der Waals surface area (Å²) in [5.41, 5.74) is 0. The topological polar surface area (TPSA) is 23.5 Å². The molecule has 2 heterocycles. The first-order chi connectivity index (χ1) is 5.81. The number of rotatable bonds is 2. The SMILES string of the molecule is OC1CC2CCC(C1)N2CCS. The van der Waals surface area contributed by atoms with Gasteiger partial charge in [-0.2, -0.15) is 12.6 Å². The molecule has 2 atom stereocenters. The molecule has 0 aliphatic carbocycles. The molecule has 2 aliphatic heterocycles. The third kappa shape index (κ3) is 1.50. The van der Waals surface area contributed by atoms with Crippen LogP contribution in [0.25, 0.3) is 0 Å². The molecule has 2 rings (SSSR count).